The quantitative estimate of drug-likeness (QED) is 0.777. The van der Waals surface area contributed by atoms with Crippen LogP contribution >= 0.6 is 0 Å². The van der Waals surface area contributed by atoms with Crippen molar-refractivity contribution >= 4 is 16.0 Å². The molecule has 0 radical (unpaired) electrons. The molecular weight excluding hydrogens is 246 g/mol. The summed E-state index contributed by atoms with van der Waals surface area (Å²) < 4.78 is 30.9. The fourth-order valence-corrected chi connectivity index (χ4v) is 4.48. The number of ether oxygens (including phenoxy) is 1. The molecule has 1 unspecified atom stereocenters. The fourth-order valence-electron chi connectivity index (χ4n) is 2.43. The van der Waals surface area contributed by atoms with Gasteiger partial charge < -0.3 is 9.84 Å². The largest absolute Gasteiger partial charge is 0.480 e. The minimum Gasteiger partial charge on any atom is -0.480 e. The van der Waals surface area contributed by atoms with Gasteiger partial charge in [0, 0.05) is 13.2 Å². The molecule has 2 aliphatic rings. The molecule has 0 aliphatic carbocycles. The highest BCUT2D eigenvalue weighted by atomic mass is 32.2. The number of rotatable bonds is 3. The van der Waals surface area contributed by atoms with Gasteiger partial charge in [-0.25, -0.2) is 8.42 Å². The van der Waals surface area contributed by atoms with Crippen LogP contribution in [0.15, 0.2) is 0 Å². The van der Waals surface area contributed by atoms with Crippen molar-refractivity contribution in [3.05, 3.63) is 0 Å². The summed E-state index contributed by atoms with van der Waals surface area (Å²) in [5.41, 5.74) is 0. The number of aliphatic carboxylic acids is 1. The molecule has 2 heterocycles. The predicted molar refractivity (Wildman–Crippen MR) is 60.1 cm³/mol. The van der Waals surface area contributed by atoms with Crippen LogP contribution in [-0.4, -0.2) is 54.8 Å². The molecule has 17 heavy (non-hydrogen) atoms. The molecule has 0 amide bonds. The molecule has 0 aromatic rings. The van der Waals surface area contributed by atoms with E-state index in [0.717, 1.165) is 10.7 Å². The van der Waals surface area contributed by atoms with Crippen LogP contribution in [0.25, 0.3) is 0 Å². The van der Waals surface area contributed by atoms with Gasteiger partial charge in [0.2, 0.25) is 10.0 Å². The number of hydrogen-bond acceptors (Lipinski definition) is 4. The highest BCUT2D eigenvalue weighted by molar-refractivity contribution is 7.89. The normalized spacial score (nSPS) is 31.5. The van der Waals surface area contributed by atoms with Crippen LogP contribution in [0.3, 0.4) is 0 Å². The van der Waals surface area contributed by atoms with Crippen molar-refractivity contribution in [1.29, 1.82) is 0 Å². The molecular formula is C10H17NO5S. The third-order valence-corrected chi connectivity index (χ3v) is 5.66. The molecule has 0 bridgehead atoms. The van der Waals surface area contributed by atoms with E-state index in [1.807, 2.05) is 0 Å². The Balaban J connectivity index is 2.16. The van der Waals surface area contributed by atoms with E-state index in [4.69, 9.17) is 9.84 Å². The third-order valence-electron chi connectivity index (χ3n) is 3.36. The number of nitrogens with zero attached hydrogens (tertiary/aromatic N) is 1. The number of sulfonamides is 1. The first-order valence-corrected chi connectivity index (χ1v) is 7.35. The minimum atomic E-state index is -3.53. The Hall–Kier alpha value is -0.660. The molecule has 6 nitrogen and oxygen atoms in total. The van der Waals surface area contributed by atoms with E-state index in [0.29, 0.717) is 32.4 Å². The van der Waals surface area contributed by atoms with Crippen molar-refractivity contribution in [3.8, 4) is 0 Å². The molecule has 2 rings (SSSR count). The summed E-state index contributed by atoms with van der Waals surface area (Å²) in [5, 5.41) is 8.44. The van der Waals surface area contributed by atoms with Gasteiger partial charge in [0.05, 0.1) is 11.9 Å². The molecule has 0 aromatic heterocycles. The standard InChI is InChI=1S/C10H17NO5S/c12-10(13)9-4-1-5-11(9)17(14,15)8-3-2-6-16-7-8/h8-9H,1-7H2,(H,12,13)/t8?,9-/m0/s1. The second-order valence-corrected chi connectivity index (χ2v) is 6.66. The number of carboxylic acid groups (broad SMARTS) is 1. The molecule has 2 aliphatic heterocycles. The zero-order valence-electron chi connectivity index (χ0n) is 9.54. The molecule has 2 fully saturated rings. The minimum absolute atomic E-state index is 0.186. The van der Waals surface area contributed by atoms with Crippen LogP contribution in [0.4, 0.5) is 0 Å². The lowest BCUT2D eigenvalue weighted by atomic mass is 10.2. The number of carbonyl (C=O) groups is 1. The molecule has 0 saturated carbocycles. The van der Waals surface area contributed by atoms with Gasteiger partial charge in [-0.15, -0.1) is 0 Å². The Morgan fingerprint density at radius 3 is 2.65 bits per heavy atom. The summed E-state index contributed by atoms with van der Waals surface area (Å²) in [5.74, 6) is -1.05. The first-order valence-electron chi connectivity index (χ1n) is 5.84. The highest BCUT2D eigenvalue weighted by Crippen LogP contribution is 2.26. The topological polar surface area (TPSA) is 83.9 Å². The van der Waals surface area contributed by atoms with E-state index in [1.165, 1.54) is 0 Å². The average molecular weight is 263 g/mol. The van der Waals surface area contributed by atoms with Crippen LogP contribution in [-0.2, 0) is 19.6 Å². The van der Waals surface area contributed by atoms with Crippen LogP contribution < -0.4 is 0 Å². The van der Waals surface area contributed by atoms with Gasteiger partial charge in [-0.05, 0) is 25.7 Å². The maximum atomic E-state index is 12.3. The molecule has 0 aromatic carbocycles. The van der Waals surface area contributed by atoms with E-state index in [9.17, 15) is 13.2 Å². The smallest absolute Gasteiger partial charge is 0.322 e. The van der Waals surface area contributed by atoms with E-state index in [-0.39, 0.29) is 6.61 Å². The molecule has 7 heteroatoms. The summed E-state index contributed by atoms with van der Waals surface area (Å²) in [6.45, 7) is 1.09. The summed E-state index contributed by atoms with van der Waals surface area (Å²) in [4.78, 5) is 11.0. The summed E-state index contributed by atoms with van der Waals surface area (Å²) in [6.07, 6.45) is 2.30. The van der Waals surface area contributed by atoms with Crippen molar-refractivity contribution in [1.82, 2.24) is 4.31 Å². The Labute approximate surface area is 101 Å². The number of carboxylic acids is 1. The van der Waals surface area contributed by atoms with Crippen LogP contribution in [0.1, 0.15) is 25.7 Å². The Bertz CT molecular complexity index is 388. The van der Waals surface area contributed by atoms with E-state index >= 15 is 0 Å². The highest BCUT2D eigenvalue weighted by Gasteiger charge is 2.42. The Morgan fingerprint density at radius 2 is 2.06 bits per heavy atom. The molecule has 2 saturated heterocycles. The van der Waals surface area contributed by atoms with Gasteiger partial charge in [0.25, 0.3) is 0 Å². The lowest BCUT2D eigenvalue weighted by Gasteiger charge is -2.29. The van der Waals surface area contributed by atoms with Crippen molar-refractivity contribution in [2.45, 2.75) is 37.0 Å². The summed E-state index contributed by atoms with van der Waals surface area (Å²) in [7, 11) is -3.53. The second kappa shape index (κ2) is 4.91. The van der Waals surface area contributed by atoms with E-state index in [2.05, 4.69) is 0 Å². The summed E-state index contributed by atoms with van der Waals surface area (Å²) in [6, 6.07) is -0.887. The maximum absolute atomic E-state index is 12.3. The summed E-state index contributed by atoms with van der Waals surface area (Å²) >= 11 is 0. The van der Waals surface area contributed by atoms with Gasteiger partial charge in [0.15, 0.2) is 0 Å². The van der Waals surface area contributed by atoms with Crippen LogP contribution in [0.2, 0.25) is 0 Å². The van der Waals surface area contributed by atoms with Gasteiger partial charge in [-0.2, -0.15) is 4.31 Å². The second-order valence-electron chi connectivity index (χ2n) is 4.49. The lowest BCUT2D eigenvalue weighted by Crippen LogP contribution is -2.47. The SMILES string of the molecule is O=C(O)[C@@H]1CCCN1S(=O)(=O)C1CCCOC1. The van der Waals surface area contributed by atoms with E-state index in [1.54, 1.807) is 0 Å². The van der Waals surface area contributed by atoms with Crippen molar-refractivity contribution in [3.63, 3.8) is 0 Å². The predicted octanol–water partition coefficient (Wildman–Crippen LogP) is 0.0442. The monoisotopic (exact) mass is 263 g/mol. The molecule has 2 atom stereocenters. The Morgan fingerprint density at radius 1 is 1.29 bits per heavy atom. The van der Waals surface area contributed by atoms with Crippen LogP contribution in [0.5, 0.6) is 0 Å². The molecule has 98 valence electrons. The van der Waals surface area contributed by atoms with Gasteiger partial charge in [-0.1, -0.05) is 0 Å². The molecule has 0 spiro atoms. The van der Waals surface area contributed by atoms with Crippen molar-refractivity contribution < 1.29 is 23.1 Å². The zero-order chi connectivity index (χ0) is 12.5. The van der Waals surface area contributed by atoms with Gasteiger partial charge in [0.1, 0.15) is 6.04 Å². The van der Waals surface area contributed by atoms with Crippen LogP contribution in [0, 0.1) is 0 Å². The third kappa shape index (κ3) is 2.46. The van der Waals surface area contributed by atoms with Gasteiger partial charge in [-0.3, -0.25) is 4.79 Å². The first-order chi connectivity index (χ1) is 8.03. The van der Waals surface area contributed by atoms with Crippen molar-refractivity contribution in [2.75, 3.05) is 19.8 Å². The molecule has 1 N–H and O–H groups in total. The average Bonchev–Trinajstić information content (AvgIpc) is 2.80. The van der Waals surface area contributed by atoms with Crippen molar-refractivity contribution in [2.24, 2.45) is 0 Å². The number of hydrogen-bond donors (Lipinski definition) is 1. The fraction of sp³-hybridized carbons (Fsp3) is 0.900. The van der Waals surface area contributed by atoms with E-state index < -0.39 is 27.3 Å². The zero-order valence-corrected chi connectivity index (χ0v) is 10.4. The lowest BCUT2D eigenvalue weighted by molar-refractivity contribution is -0.140. The maximum Gasteiger partial charge on any atom is 0.322 e. The Kier molecular flexibility index (Phi) is 3.70. The first kappa shape index (κ1) is 12.8. The van der Waals surface area contributed by atoms with Gasteiger partial charge >= 0.3 is 5.97 Å².